The SMILES string of the molecule is C=C(C)[C@@H]1CCC(C(=O)OC)=C2C(=O)C[C@H](C)[C@@H]2C1. The first kappa shape index (κ1) is 14.0. The first-order valence-electron chi connectivity index (χ1n) is 6.95. The monoisotopic (exact) mass is 262 g/mol. The summed E-state index contributed by atoms with van der Waals surface area (Å²) in [4.78, 5) is 24.1. The topological polar surface area (TPSA) is 43.4 Å². The molecule has 19 heavy (non-hydrogen) atoms. The molecule has 1 fully saturated rings. The van der Waals surface area contributed by atoms with Crippen molar-refractivity contribution < 1.29 is 14.3 Å². The van der Waals surface area contributed by atoms with Gasteiger partial charge in [0.1, 0.15) is 0 Å². The van der Waals surface area contributed by atoms with Gasteiger partial charge < -0.3 is 4.74 Å². The van der Waals surface area contributed by atoms with Gasteiger partial charge in [0.25, 0.3) is 0 Å². The molecule has 0 amide bonds. The molecular weight excluding hydrogens is 240 g/mol. The van der Waals surface area contributed by atoms with E-state index in [1.807, 2.05) is 6.92 Å². The first-order valence-corrected chi connectivity index (χ1v) is 6.95. The number of Topliss-reactive ketones (excluding diaryl/α,β-unsaturated/α-hetero) is 1. The van der Waals surface area contributed by atoms with Crippen LogP contribution in [0.4, 0.5) is 0 Å². The van der Waals surface area contributed by atoms with Crippen LogP contribution in [0.3, 0.4) is 0 Å². The maximum Gasteiger partial charge on any atom is 0.334 e. The van der Waals surface area contributed by atoms with Crippen molar-refractivity contribution in [2.45, 2.75) is 39.5 Å². The summed E-state index contributed by atoms with van der Waals surface area (Å²) in [7, 11) is 1.38. The zero-order chi connectivity index (χ0) is 14.2. The van der Waals surface area contributed by atoms with Crippen LogP contribution in [0.5, 0.6) is 0 Å². The van der Waals surface area contributed by atoms with Gasteiger partial charge in [-0.2, -0.15) is 0 Å². The Morgan fingerprint density at radius 3 is 2.68 bits per heavy atom. The van der Waals surface area contributed by atoms with Gasteiger partial charge >= 0.3 is 5.97 Å². The van der Waals surface area contributed by atoms with Gasteiger partial charge in [-0.15, -0.1) is 0 Å². The molecular formula is C16H22O3. The lowest BCUT2D eigenvalue weighted by atomic mass is 9.83. The lowest BCUT2D eigenvalue weighted by molar-refractivity contribution is -0.136. The minimum Gasteiger partial charge on any atom is -0.466 e. The van der Waals surface area contributed by atoms with Crippen LogP contribution in [0.15, 0.2) is 23.3 Å². The number of hydrogen-bond acceptors (Lipinski definition) is 3. The molecule has 0 spiro atoms. The first-order chi connectivity index (χ1) is 8.95. The minimum absolute atomic E-state index is 0.139. The van der Waals surface area contributed by atoms with Gasteiger partial charge in [-0.25, -0.2) is 4.79 Å². The van der Waals surface area contributed by atoms with Crippen LogP contribution in [0.2, 0.25) is 0 Å². The van der Waals surface area contributed by atoms with E-state index in [9.17, 15) is 9.59 Å². The van der Waals surface area contributed by atoms with Crippen molar-refractivity contribution in [3.05, 3.63) is 23.3 Å². The van der Waals surface area contributed by atoms with Crippen molar-refractivity contribution in [1.82, 2.24) is 0 Å². The third-order valence-electron chi connectivity index (χ3n) is 4.60. The fourth-order valence-electron chi connectivity index (χ4n) is 3.44. The van der Waals surface area contributed by atoms with E-state index in [-0.39, 0.29) is 17.7 Å². The zero-order valence-corrected chi connectivity index (χ0v) is 12.0. The van der Waals surface area contributed by atoms with Crippen LogP contribution < -0.4 is 0 Å². The summed E-state index contributed by atoms with van der Waals surface area (Å²) in [6.07, 6.45) is 3.02. The average molecular weight is 262 g/mol. The number of carbonyl (C=O) groups excluding carboxylic acids is 2. The van der Waals surface area contributed by atoms with Crippen molar-refractivity contribution in [2.75, 3.05) is 7.11 Å². The smallest absolute Gasteiger partial charge is 0.334 e. The van der Waals surface area contributed by atoms with E-state index < -0.39 is 0 Å². The van der Waals surface area contributed by atoms with Crippen molar-refractivity contribution in [3.63, 3.8) is 0 Å². The van der Waals surface area contributed by atoms with Crippen LogP contribution in [0.1, 0.15) is 39.5 Å². The van der Waals surface area contributed by atoms with Crippen LogP contribution in [0.25, 0.3) is 0 Å². The fraction of sp³-hybridized carbons (Fsp3) is 0.625. The third-order valence-corrected chi connectivity index (χ3v) is 4.60. The van der Waals surface area contributed by atoms with Gasteiger partial charge in [-0.1, -0.05) is 19.1 Å². The molecule has 2 rings (SSSR count). The summed E-state index contributed by atoms with van der Waals surface area (Å²) in [6, 6.07) is 0. The molecule has 0 aromatic carbocycles. The minimum atomic E-state index is -0.329. The van der Waals surface area contributed by atoms with E-state index in [0.717, 1.165) is 24.0 Å². The number of ketones is 1. The second-order valence-electron chi connectivity index (χ2n) is 5.91. The normalized spacial score (nSPS) is 30.9. The summed E-state index contributed by atoms with van der Waals surface area (Å²) in [5, 5.41) is 0. The molecule has 3 nitrogen and oxygen atoms in total. The second kappa shape index (κ2) is 5.32. The quantitative estimate of drug-likeness (QED) is 0.567. The van der Waals surface area contributed by atoms with E-state index in [1.165, 1.54) is 7.11 Å². The predicted octanol–water partition coefficient (Wildman–Crippen LogP) is 3.06. The summed E-state index contributed by atoms with van der Waals surface area (Å²) >= 11 is 0. The van der Waals surface area contributed by atoms with Gasteiger partial charge in [0.05, 0.1) is 7.11 Å². The van der Waals surface area contributed by atoms with E-state index in [2.05, 4.69) is 13.5 Å². The predicted molar refractivity (Wildman–Crippen MR) is 73.5 cm³/mol. The summed E-state index contributed by atoms with van der Waals surface area (Å²) in [5.74, 6) is 0.730. The highest BCUT2D eigenvalue weighted by molar-refractivity contribution is 6.06. The number of carbonyl (C=O) groups is 2. The highest BCUT2D eigenvalue weighted by atomic mass is 16.5. The van der Waals surface area contributed by atoms with Gasteiger partial charge in [0, 0.05) is 17.6 Å². The Balaban J connectivity index is 2.42. The molecule has 0 unspecified atom stereocenters. The molecule has 3 atom stereocenters. The van der Waals surface area contributed by atoms with Gasteiger partial charge in [-0.05, 0) is 43.9 Å². The Morgan fingerprint density at radius 1 is 1.42 bits per heavy atom. The Hall–Kier alpha value is -1.38. The van der Waals surface area contributed by atoms with Crippen LogP contribution >= 0.6 is 0 Å². The number of hydrogen-bond donors (Lipinski definition) is 0. The maximum absolute atomic E-state index is 12.2. The number of allylic oxidation sites excluding steroid dienone is 2. The standard InChI is InChI=1S/C16H22O3/c1-9(2)11-5-6-12(16(18)19-4)15-13(8-11)10(3)7-14(15)17/h10-11,13H,1,5-8H2,2-4H3/t10-,11+,13-/m0/s1. The Kier molecular flexibility index (Phi) is 3.93. The van der Waals surface area contributed by atoms with Crippen LogP contribution in [-0.4, -0.2) is 18.9 Å². The molecule has 3 heteroatoms. The average Bonchev–Trinajstić information content (AvgIpc) is 2.56. The van der Waals surface area contributed by atoms with Crippen LogP contribution in [-0.2, 0) is 14.3 Å². The van der Waals surface area contributed by atoms with Gasteiger partial charge in [0.2, 0.25) is 0 Å². The maximum atomic E-state index is 12.2. The highest BCUT2D eigenvalue weighted by Crippen LogP contribution is 2.45. The molecule has 104 valence electrons. The molecule has 0 N–H and O–H groups in total. The fourth-order valence-corrected chi connectivity index (χ4v) is 3.44. The molecule has 2 aliphatic carbocycles. The lowest BCUT2D eigenvalue weighted by Crippen LogP contribution is -2.14. The van der Waals surface area contributed by atoms with Crippen molar-refractivity contribution >= 4 is 11.8 Å². The van der Waals surface area contributed by atoms with Gasteiger partial charge in [0.15, 0.2) is 5.78 Å². The lowest BCUT2D eigenvalue weighted by Gasteiger charge is -2.21. The third kappa shape index (κ3) is 2.51. The molecule has 1 saturated carbocycles. The number of methoxy groups -OCH3 is 1. The summed E-state index contributed by atoms with van der Waals surface area (Å²) in [6.45, 7) is 8.19. The Bertz CT molecular complexity index is 459. The molecule has 0 radical (unpaired) electrons. The molecule has 0 aromatic rings. The molecule has 2 aliphatic rings. The zero-order valence-electron chi connectivity index (χ0n) is 12.0. The molecule has 0 saturated heterocycles. The Morgan fingerprint density at radius 2 is 2.11 bits per heavy atom. The van der Waals surface area contributed by atoms with Crippen LogP contribution in [0, 0.1) is 17.8 Å². The second-order valence-corrected chi connectivity index (χ2v) is 5.91. The summed E-state index contributed by atoms with van der Waals surface area (Å²) in [5.41, 5.74) is 2.52. The molecule has 0 aliphatic heterocycles. The summed E-state index contributed by atoms with van der Waals surface area (Å²) < 4.78 is 4.86. The Labute approximate surface area is 114 Å². The number of esters is 1. The largest absolute Gasteiger partial charge is 0.466 e. The molecule has 0 aromatic heterocycles. The van der Waals surface area contributed by atoms with Crippen molar-refractivity contribution in [3.8, 4) is 0 Å². The number of rotatable bonds is 2. The molecule has 0 heterocycles. The van der Waals surface area contributed by atoms with Crippen molar-refractivity contribution in [1.29, 1.82) is 0 Å². The van der Waals surface area contributed by atoms with E-state index in [1.54, 1.807) is 0 Å². The highest BCUT2D eigenvalue weighted by Gasteiger charge is 2.41. The van der Waals surface area contributed by atoms with E-state index >= 15 is 0 Å². The number of fused-ring (bicyclic) bond motifs is 1. The van der Waals surface area contributed by atoms with Crippen molar-refractivity contribution in [2.24, 2.45) is 17.8 Å². The van der Waals surface area contributed by atoms with Gasteiger partial charge in [-0.3, -0.25) is 4.79 Å². The van der Waals surface area contributed by atoms with E-state index in [0.29, 0.717) is 30.3 Å². The molecule has 0 bridgehead atoms. The van der Waals surface area contributed by atoms with E-state index in [4.69, 9.17) is 4.74 Å². The number of ether oxygens (including phenoxy) is 1.